The molecule has 0 N–H and O–H groups in total. The second-order valence-corrected chi connectivity index (χ2v) is 9.99. The van der Waals surface area contributed by atoms with E-state index in [4.69, 9.17) is 0 Å². The lowest BCUT2D eigenvalue weighted by Gasteiger charge is -2.45. The fraction of sp³-hybridized carbons (Fsp3) is 0.258. The number of nitriles is 1. The Labute approximate surface area is 229 Å². The Morgan fingerprint density at radius 1 is 1.02 bits per heavy atom. The number of halogens is 3. The highest BCUT2D eigenvalue weighted by Crippen LogP contribution is 2.49. The van der Waals surface area contributed by atoms with E-state index in [0.717, 1.165) is 41.7 Å². The van der Waals surface area contributed by atoms with Crippen LogP contribution in [0.3, 0.4) is 0 Å². The summed E-state index contributed by atoms with van der Waals surface area (Å²) in [6.07, 6.45) is 1.09. The maximum absolute atomic E-state index is 14.0. The van der Waals surface area contributed by atoms with E-state index in [1.54, 1.807) is 44.6 Å². The molecule has 204 valence electrons. The van der Waals surface area contributed by atoms with E-state index in [0.29, 0.717) is 28.8 Å². The fourth-order valence-electron chi connectivity index (χ4n) is 5.63. The molecule has 2 heterocycles. The van der Waals surface area contributed by atoms with Crippen LogP contribution in [0.1, 0.15) is 48.9 Å². The average molecular weight is 545 g/mol. The summed E-state index contributed by atoms with van der Waals surface area (Å²) in [6, 6.07) is 14.4. The first-order valence-electron chi connectivity index (χ1n) is 12.9. The van der Waals surface area contributed by atoms with Crippen molar-refractivity contribution in [2.45, 2.75) is 38.4 Å². The number of likely N-dealkylation sites (N-methyl/N-ethyl adjacent to an activating group) is 1. The maximum atomic E-state index is 14.0. The van der Waals surface area contributed by atoms with E-state index in [1.807, 2.05) is 13.0 Å². The molecule has 40 heavy (non-hydrogen) atoms. The Balaban J connectivity index is 1.77. The van der Waals surface area contributed by atoms with Crippen molar-refractivity contribution in [1.29, 1.82) is 5.26 Å². The summed E-state index contributed by atoms with van der Waals surface area (Å²) in [5, 5.41) is 9.63. The third-order valence-electron chi connectivity index (χ3n) is 7.61. The Bertz CT molecular complexity index is 1680. The number of hydrogen-bond donors (Lipinski definition) is 0. The number of carbonyl (C=O) groups is 1. The Hall–Kier alpha value is -4.58. The second-order valence-electron chi connectivity index (χ2n) is 9.99. The van der Waals surface area contributed by atoms with Gasteiger partial charge in [0.15, 0.2) is 0 Å². The summed E-state index contributed by atoms with van der Waals surface area (Å²) >= 11 is 0. The van der Waals surface area contributed by atoms with Gasteiger partial charge in [-0.3, -0.25) is 9.69 Å². The van der Waals surface area contributed by atoms with Crippen LogP contribution in [-0.4, -0.2) is 22.5 Å². The Morgan fingerprint density at radius 3 is 2.48 bits per heavy atom. The van der Waals surface area contributed by atoms with Crippen LogP contribution in [-0.2, 0) is 13.2 Å². The number of amides is 2. The lowest BCUT2D eigenvalue weighted by molar-refractivity contribution is -0.137. The van der Waals surface area contributed by atoms with E-state index in [9.17, 15) is 28.0 Å². The number of nitrogens with zero attached hydrogens (tertiary/aromatic N) is 4. The molecule has 1 aliphatic heterocycles. The third-order valence-corrected chi connectivity index (χ3v) is 7.61. The highest BCUT2D eigenvalue weighted by atomic mass is 19.4. The van der Waals surface area contributed by atoms with E-state index in [-0.39, 0.29) is 11.2 Å². The highest BCUT2D eigenvalue weighted by Gasteiger charge is 2.42. The van der Waals surface area contributed by atoms with Gasteiger partial charge in [0, 0.05) is 37.6 Å². The SMILES string of the molecule is CC=C1CCCC2=C1C(c1ccc(C#N)cc1-c1ccn(C)c(=O)c1)N(C)C(=O)N2c1cccc(C(F)(F)F)c1. The van der Waals surface area contributed by atoms with Gasteiger partial charge in [-0.15, -0.1) is 0 Å². The van der Waals surface area contributed by atoms with Crippen molar-refractivity contribution in [2.75, 3.05) is 11.9 Å². The molecular weight excluding hydrogens is 517 g/mol. The van der Waals surface area contributed by atoms with E-state index in [2.05, 4.69) is 6.07 Å². The quantitative estimate of drug-likeness (QED) is 0.359. The number of anilines is 1. The number of rotatable bonds is 3. The minimum Gasteiger partial charge on any atom is -0.319 e. The number of hydrogen-bond acceptors (Lipinski definition) is 3. The summed E-state index contributed by atoms with van der Waals surface area (Å²) in [4.78, 5) is 29.4. The zero-order valence-electron chi connectivity index (χ0n) is 22.3. The lowest BCUT2D eigenvalue weighted by atomic mass is 9.79. The number of carbonyl (C=O) groups excluding carboxylic acids is 1. The van der Waals surface area contributed by atoms with Crippen LogP contribution in [0.4, 0.5) is 23.7 Å². The van der Waals surface area contributed by atoms with Gasteiger partial charge in [-0.05, 0) is 84.8 Å². The molecule has 1 unspecified atom stereocenters. The number of allylic oxidation sites excluding steroid dienone is 2. The number of pyridine rings is 1. The molecule has 5 rings (SSSR count). The number of aromatic nitrogens is 1. The molecule has 2 amide bonds. The molecule has 0 spiro atoms. The summed E-state index contributed by atoms with van der Waals surface area (Å²) in [5.74, 6) is 0. The van der Waals surface area contributed by atoms with Crippen molar-refractivity contribution in [2.24, 2.45) is 7.05 Å². The topological polar surface area (TPSA) is 69.3 Å². The molecule has 2 aliphatic rings. The molecule has 1 aromatic heterocycles. The van der Waals surface area contributed by atoms with Gasteiger partial charge in [0.05, 0.1) is 28.9 Å². The number of alkyl halides is 3. The van der Waals surface area contributed by atoms with Gasteiger partial charge in [0.1, 0.15) is 0 Å². The Morgan fingerprint density at radius 2 is 1.80 bits per heavy atom. The van der Waals surface area contributed by atoms with Crippen molar-refractivity contribution in [1.82, 2.24) is 9.47 Å². The number of urea groups is 1. The van der Waals surface area contributed by atoms with Gasteiger partial charge in [0.2, 0.25) is 0 Å². The summed E-state index contributed by atoms with van der Waals surface area (Å²) in [6.45, 7) is 1.91. The van der Waals surface area contributed by atoms with Gasteiger partial charge in [-0.2, -0.15) is 18.4 Å². The molecule has 0 radical (unpaired) electrons. The molecule has 0 saturated heterocycles. The fourth-order valence-corrected chi connectivity index (χ4v) is 5.63. The van der Waals surface area contributed by atoms with Crippen LogP contribution >= 0.6 is 0 Å². The average Bonchev–Trinajstić information content (AvgIpc) is 2.94. The van der Waals surface area contributed by atoms with Gasteiger partial charge in [-0.1, -0.05) is 18.2 Å². The largest absolute Gasteiger partial charge is 0.416 e. The molecule has 0 saturated carbocycles. The van der Waals surface area contributed by atoms with Crippen molar-refractivity contribution in [3.05, 3.63) is 111 Å². The van der Waals surface area contributed by atoms with Crippen LogP contribution < -0.4 is 10.5 Å². The molecule has 0 fully saturated rings. The van der Waals surface area contributed by atoms with Crippen LogP contribution in [0.25, 0.3) is 11.1 Å². The first-order valence-corrected chi connectivity index (χ1v) is 12.9. The van der Waals surface area contributed by atoms with Crippen molar-refractivity contribution in [3.8, 4) is 17.2 Å². The molecule has 6 nitrogen and oxygen atoms in total. The monoisotopic (exact) mass is 544 g/mol. The molecule has 1 atom stereocenters. The number of aryl methyl sites for hydroxylation is 1. The molecule has 0 bridgehead atoms. The standard InChI is InChI=1S/C31H27F3N4O2/c1-4-20-7-5-10-26-28(20)29(37(3)30(40)38(26)23-9-6-8-22(17-23)31(32,33)34)24-12-11-19(18-35)15-25(24)21-13-14-36(2)27(39)16-21/h4,6,8-9,11-17,29H,5,7,10H2,1-3H3. The van der Waals surface area contributed by atoms with Gasteiger partial charge in [0.25, 0.3) is 5.56 Å². The van der Waals surface area contributed by atoms with Gasteiger partial charge >= 0.3 is 12.2 Å². The molecular formula is C31H27F3N4O2. The van der Waals surface area contributed by atoms with Crippen molar-refractivity contribution in [3.63, 3.8) is 0 Å². The lowest BCUT2D eigenvalue weighted by Crippen LogP contribution is -2.49. The summed E-state index contributed by atoms with van der Waals surface area (Å²) in [5.41, 5.74) is 3.99. The number of benzene rings is 2. The van der Waals surface area contributed by atoms with E-state index < -0.39 is 23.8 Å². The summed E-state index contributed by atoms with van der Waals surface area (Å²) in [7, 11) is 3.28. The third kappa shape index (κ3) is 4.60. The van der Waals surface area contributed by atoms with Gasteiger partial charge < -0.3 is 9.47 Å². The first-order chi connectivity index (χ1) is 19.0. The minimum absolute atomic E-state index is 0.154. The van der Waals surface area contributed by atoms with Crippen molar-refractivity contribution >= 4 is 11.7 Å². The van der Waals surface area contributed by atoms with E-state index in [1.165, 1.54) is 32.6 Å². The predicted octanol–water partition coefficient (Wildman–Crippen LogP) is 6.94. The zero-order valence-corrected chi connectivity index (χ0v) is 22.3. The van der Waals surface area contributed by atoms with Crippen molar-refractivity contribution < 1.29 is 18.0 Å². The van der Waals surface area contributed by atoms with Crippen LogP contribution in [0.5, 0.6) is 0 Å². The maximum Gasteiger partial charge on any atom is 0.416 e. The molecule has 3 aromatic rings. The normalized spacial score (nSPS) is 18.7. The highest BCUT2D eigenvalue weighted by molar-refractivity contribution is 5.98. The Kier molecular flexibility index (Phi) is 6.88. The summed E-state index contributed by atoms with van der Waals surface area (Å²) < 4.78 is 42.2. The smallest absolute Gasteiger partial charge is 0.319 e. The minimum atomic E-state index is -4.55. The van der Waals surface area contributed by atoms with Crippen LogP contribution in [0.15, 0.2) is 88.5 Å². The zero-order chi connectivity index (χ0) is 28.8. The van der Waals surface area contributed by atoms with E-state index >= 15 is 0 Å². The first kappa shape index (κ1) is 27.0. The predicted molar refractivity (Wildman–Crippen MR) is 146 cm³/mol. The van der Waals surface area contributed by atoms with Gasteiger partial charge in [-0.25, -0.2) is 4.79 Å². The molecule has 9 heteroatoms. The molecule has 1 aliphatic carbocycles. The second kappa shape index (κ2) is 10.2. The molecule has 2 aromatic carbocycles. The van der Waals surface area contributed by atoms with Crippen LogP contribution in [0.2, 0.25) is 0 Å². The van der Waals surface area contributed by atoms with Crippen LogP contribution in [0, 0.1) is 11.3 Å².